The molecule has 3 atom stereocenters. The molecule has 3 unspecified atom stereocenters. The quantitative estimate of drug-likeness (QED) is 0.0259. The summed E-state index contributed by atoms with van der Waals surface area (Å²) in [4.78, 5) is 46.0. The van der Waals surface area contributed by atoms with Crippen LogP contribution in [-0.4, -0.2) is 64.6 Å². The summed E-state index contributed by atoms with van der Waals surface area (Å²) in [6.07, 6.45) is -4.62. The van der Waals surface area contributed by atoms with Crippen molar-refractivity contribution >= 4 is 101 Å². The fourth-order valence-corrected chi connectivity index (χ4v) is 8.37. The summed E-state index contributed by atoms with van der Waals surface area (Å²) in [6.45, 7) is -0.885. The van der Waals surface area contributed by atoms with Crippen LogP contribution in [0.15, 0.2) is 150 Å². The van der Waals surface area contributed by atoms with E-state index in [2.05, 4.69) is 5.16 Å². The van der Waals surface area contributed by atoms with Crippen molar-refractivity contribution in [2.75, 3.05) is 13.7 Å². The maximum atomic E-state index is 14.1. The van der Waals surface area contributed by atoms with Crippen LogP contribution in [0.3, 0.4) is 0 Å². The Morgan fingerprint density at radius 1 is 0.583 bits per heavy atom. The zero-order valence-electron chi connectivity index (χ0n) is 31.4. The monoisotopic (exact) mass is 883 g/mol. The molecule has 0 bridgehead atoms. The molecule has 0 spiro atoms. The highest BCUT2D eigenvalue weighted by Gasteiger charge is 2.41. The lowest BCUT2D eigenvalue weighted by Gasteiger charge is -2.30. The first kappa shape index (κ1) is 42.1. The number of hydrogen-bond donors (Lipinski definition) is 0. The predicted octanol–water partition coefficient (Wildman–Crippen LogP) is 10.1. The zero-order valence-corrected chi connectivity index (χ0v) is 34.5. The molecule has 0 fully saturated rings. The molecule has 0 amide bonds. The maximum Gasteiger partial charge on any atom is 0.338 e. The number of hydrogen-bond acceptors (Lipinski definition) is 11. The summed E-state index contributed by atoms with van der Waals surface area (Å²) >= 11 is 18.7. The van der Waals surface area contributed by atoms with E-state index in [0.29, 0.717) is 5.39 Å². The van der Waals surface area contributed by atoms with Gasteiger partial charge >= 0.3 is 17.9 Å². The van der Waals surface area contributed by atoms with Gasteiger partial charge in [0.15, 0.2) is 18.3 Å². The van der Waals surface area contributed by atoms with E-state index in [0.717, 1.165) is 45.3 Å². The molecule has 11 nitrogen and oxygen atoms in total. The molecule has 0 heterocycles. The highest BCUT2D eigenvalue weighted by atomic mass is 35.5. The molecule has 0 aliphatic rings. The van der Waals surface area contributed by atoms with Crippen molar-refractivity contribution in [3.05, 3.63) is 171 Å². The molecular formula is C45H32Cl3NO10S. The van der Waals surface area contributed by atoms with Crippen LogP contribution in [0.25, 0.3) is 32.3 Å². The first-order valence-electron chi connectivity index (χ1n) is 18.1. The van der Waals surface area contributed by atoms with Gasteiger partial charge in [0.05, 0.1) is 38.0 Å². The van der Waals surface area contributed by atoms with E-state index in [1.165, 1.54) is 25.3 Å². The van der Waals surface area contributed by atoms with Crippen molar-refractivity contribution in [3.63, 3.8) is 0 Å². The van der Waals surface area contributed by atoms with Gasteiger partial charge in [0.1, 0.15) is 18.6 Å². The summed E-state index contributed by atoms with van der Waals surface area (Å²) < 4.78 is 51.7. The van der Waals surface area contributed by atoms with E-state index < -0.39 is 57.8 Å². The topological polar surface area (TPSA) is 144 Å². The first-order chi connectivity index (χ1) is 28.9. The van der Waals surface area contributed by atoms with Gasteiger partial charge in [-0.3, -0.25) is 4.18 Å². The van der Waals surface area contributed by atoms with Crippen molar-refractivity contribution in [1.29, 1.82) is 0 Å². The Morgan fingerprint density at radius 2 is 1.03 bits per heavy atom. The third-order valence-electron chi connectivity index (χ3n) is 9.32. The molecule has 7 rings (SSSR count). The number of benzene rings is 7. The standard InChI is InChI=1S/C45H32Cl3NO10S/c1-55-49-25-39(57-44(51)34-18-15-28-9-3-6-12-31(28)21-34)42(58-45(52)35-19-16-29-10-4-7-13-32(29)22-35)40(59-60(53,54)41-24-37(47)36(46)23-38(41)48)26-56-43(50)33-17-14-27-8-2-5-11-30(27)20-33/h2-25,39-40,42H,26H2,1H3. The average Bonchev–Trinajstić information content (AvgIpc) is 3.26. The zero-order chi connectivity index (χ0) is 42.4. The van der Waals surface area contributed by atoms with Crippen LogP contribution < -0.4 is 0 Å². The molecule has 304 valence electrons. The van der Waals surface area contributed by atoms with Crippen molar-refractivity contribution in [2.45, 2.75) is 23.2 Å². The van der Waals surface area contributed by atoms with Crippen LogP contribution in [0.4, 0.5) is 0 Å². The lowest BCUT2D eigenvalue weighted by atomic mass is 10.1. The number of fused-ring (bicyclic) bond motifs is 3. The SMILES string of the molecule is CON=CC(OC(=O)c1ccc2ccccc2c1)C(OC(=O)c1ccc2ccccc2c1)C(COC(=O)c1ccc2ccccc2c1)OS(=O)(=O)c1cc(Cl)c(Cl)cc1Cl. The lowest BCUT2D eigenvalue weighted by molar-refractivity contribution is -0.0685. The summed E-state index contributed by atoms with van der Waals surface area (Å²) in [6, 6.07) is 38.4. The maximum absolute atomic E-state index is 14.1. The van der Waals surface area contributed by atoms with Gasteiger partial charge in [-0.25, -0.2) is 14.4 Å². The minimum Gasteiger partial charge on any atom is -0.459 e. The second-order valence-corrected chi connectivity index (χ2v) is 16.0. The van der Waals surface area contributed by atoms with Gasteiger partial charge in [0, 0.05) is 0 Å². The minimum absolute atomic E-state index is 0.0416. The summed E-state index contributed by atoms with van der Waals surface area (Å²) in [5.74, 6) is -2.78. The molecule has 15 heteroatoms. The average molecular weight is 885 g/mol. The minimum atomic E-state index is -4.98. The van der Waals surface area contributed by atoms with Crippen molar-refractivity contribution in [1.82, 2.24) is 0 Å². The smallest absolute Gasteiger partial charge is 0.338 e. The molecule has 0 aliphatic heterocycles. The summed E-state index contributed by atoms with van der Waals surface area (Å²) in [5, 5.41) is 7.90. The number of esters is 3. The fraction of sp³-hybridized carbons (Fsp3) is 0.111. The summed E-state index contributed by atoms with van der Waals surface area (Å²) in [7, 11) is -3.76. The number of oxime groups is 1. The highest BCUT2D eigenvalue weighted by Crippen LogP contribution is 2.34. The van der Waals surface area contributed by atoms with Crippen LogP contribution in [-0.2, 0) is 33.3 Å². The van der Waals surface area contributed by atoms with E-state index in [1.54, 1.807) is 72.8 Å². The van der Waals surface area contributed by atoms with Gasteiger partial charge in [-0.15, -0.1) is 0 Å². The van der Waals surface area contributed by atoms with E-state index >= 15 is 0 Å². The predicted molar refractivity (Wildman–Crippen MR) is 230 cm³/mol. The van der Waals surface area contributed by atoms with Gasteiger partial charge in [0.25, 0.3) is 10.1 Å². The van der Waals surface area contributed by atoms with E-state index in [9.17, 15) is 22.8 Å². The number of nitrogens with zero attached hydrogens (tertiary/aromatic N) is 1. The van der Waals surface area contributed by atoms with Crippen LogP contribution in [0.1, 0.15) is 31.1 Å². The van der Waals surface area contributed by atoms with Gasteiger partial charge in [0.2, 0.25) is 0 Å². The lowest BCUT2D eigenvalue weighted by Crippen LogP contribution is -2.48. The molecule has 0 saturated carbocycles. The fourth-order valence-electron chi connectivity index (χ4n) is 6.32. The number of ether oxygens (including phenoxy) is 3. The largest absolute Gasteiger partial charge is 0.459 e. The second-order valence-electron chi connectivity index (χ2n) is 13.2. The number of carbonyl (C=O) groups excluding carboxylic acids is 3. The third-order valence-corrected chi connectivity index (χ3v) is 11.8. The Hall–Kier alpha value is -6.02. The Morgan fingerprint density at radius 3 is 1.53 bits per heavy atom. The van der Waals surface area contributed by atoms with Crippen LogP contribution >= 0.6 is 34.8 Å². The van der Waals surface area contributed by atoms with E-state index in [1.807, 2.05) is 36.4 Å². The number of carbonyl (C=O) groups is 3. The first-order valence-corrected chi connectivity index (χ1v) is 20.6. The van der Waals surface area contributed by atoms with Crippen LogP contribution in [0.2, 0.25) is 15.1 Å². The molecule has 0 N–H and O–H groups in total. The number of rotatable bonds is 14. The molecule has 7 aromatic rings. The van der Waals surface area contributed by atoms with Crippen LogP contribution in [0.5, 0.6) is 0 Å². The molecule has 0 radical (unpaired) electrons. The van der Waals surface area contributed by atoms with Crippen molar-refractivity contribution in [3.8, 4) is 0 Å². The van der Waals surface area contributed by atoms with Crippen molar-refractivity contribution < 1.29 is 46.0 Å². The van der Waals surface area contributed by atoms with Gasteiger partial charge in [-0.05, 0) is 80.8 Å². The Kier molecular flexibility index (Phi) is 13.0. The Balaban J connectivity index is 1.31. The molecule has 0 saturated heterocycles. The summed E-state index contributed by atoms with van der Waals surface area (Å²) in [5.41, 5.74) is 0.261. The Bertz CT molecular complexity index is 2910. The molecule has 7 aromatic carbocycles. The molecule has 0 aromatic heterocycles. The normalized spacial score (nSPS) is 13.2. The van der Waals surface area contributed by atoms with Crippen molar-refractivity contribution in [2.24, 2.45) is 5.16 Å². The second kappa shape index (κ2) is 18.5. The molecule has 0 aliphatic carbocycles. The van der Waals surface area contributed by atoms with Gasteiger partial charge in [-0.1, -0.05) is 131 Å². The van der Waals surface area contributed by atoms with E-state index in [-0.39, 0.29) is 31.8 Å². The Labute approximate surface area is 359 Å². The third kappa shape index (κ3) is 9.71. The van der Waals surface area contributed by atoms with E-state index in [4.69, 9.17) is 58.0 Å². The molecular weight excluding hydrogens is 853 g/mol. The number of halogens is 3. The molecule has 60 heavy (non-hydrogen) atoms. The van der Waals surface area contributed by atoms with Gasteiger partial charge in [-0.2, -0.15) is 8.42 Å². The highest BCUT2D eigenvalue weighted by molar-refractivity contribution is 7.87. The van der Waals surface area contributed by atoms with Crippen LogP contribution in [0, 0.1) is 0 Å². The van der Waals surface area contributed by atoms with Gasteiger partial charge < -0.3 is 19.0 Å².